The molecule has 2 aromatic carbocycles. The van der Waals surface area contributed by atoms with Crippen LogP contribution in [0.3, 0.4) is 0 Å². The molecule has 0 unspecified atom stereocenters. The first kappa shape index (κ1) is 13.5. The van der Waals surface area contributed by atoms with Gasteiger partial charge in [-0.15, -0.1) is 0 Å². The maximum Gasteiger partial charge on any atom is 0.270 e. The fourth-order valence-corrected chi connectivity index (χ4v) is 2.27. The van der Waals surface area contributed by atoms with Crippen molar-refractivity contribution in [3.8, 4) is 11.6 Å². The molecule has 0 atom stereocenters. The van der Waals surface area contributed by atoms with Gasteiger partial charge in [-0.05, 0) is 40.2 Å². The third-order valence-corrected chi connectivity index (χ3v) is 3.56. The van der Waals surface area contributed by atoms with Crippen LogP contribution in [0.25, 0.3) is 10.9 Å². The Kier molecular flexibility index (Phi) is 3.53. The second-order valence-corrected chi connectivity index (χ2v) is 5.17. The second-order valence-electron chi connectivity index (χ2n) is 4.32. The number of rotatable bonds is 3. The SMILES string of the molecule is O=[N+]([O-])c1ccc2nc(Oc3ccccc3Br)ccc2c1. The number of pyridine rings is 1. The van der Waals surface area contributed by atoms with E-state index in [1.165, 1.54) is 12.1 Å². The fourth-order valence-electron chi connectivity index (χ4n) is 1.90. The van der Waals surface area contributed by atoms with Crippen LogP contribution in [0.15, 0.2) is 59.1 Å². The van der Waals surface area contributed by atoms with Gasteiger partial charge in [-0.2, -0.15) is 0 Å². The van der Waals surface area contributed by atoms with Crippen molar-refractivity contribution in [1.29, 1.82) is 0 Å². The number of benzene rings is 2. The van der Waals surface area contributed by atoms with Gasteiger partial charge in [0.25, 0.3) is 5.69 Å². The van der Waals surface area contributed by atoms with Gasteiger partial charge in [-0.1, -0.05) is 12.1 Å². The summed E-state index contributed by atoms with van der Waals surface area (Å²) in [5.41, 5.74) is 0.689. The highest BCUT2D eigenvalue weighted by Crippen LogP contribution is 2.29. The molecule has 0 aliphatic rings. The van der Waals surface area contributed by atoms with Crippen LogP contribution in [0, 0.1) is 10.1 Å². The Balaban J connectivity index is 1.96. The highest BCUT2D eigenvalue weighted by molar-refractivity contribution is 9.10. The Labute approximate surface area is 128 Å². The summed E-state index contributed by atoms with van der Waals surface area (Å²) in [7, 11) is 0. The van der Waals surface area contributed by atoms with Gasteiger partial charge in [0.05, 0.1) is 14.9 Å². The molecule has 3 aromatic rings. The largest absolute Gasteiger partial charge is 0.438 e. The van der Waals surface area contributed by atoms with Crippen LogP contribution in [0.4, 0.5) is 5.69 Å². The minimum atomic E-state index is -0.426. The number of nitro benzene ring substituents is 1. The summed E-state index contributed by atoms with van der Waals surface area (Å²) in [4.78, 5) is 14.7. The van der Waals surface area contributed by atoms with E-state index in [2.05, 4.69) is 20.9 Å². The van der Waals surface area contributed by atoms with Crippen LogP contribution in [0.1, 0.15) is 0 Å². The van der Waals surface area contributed by atoms with Crippen LogP contribution in [-0.4, -0.2) is 9.91 Å². The van der Waals surface area contributed by atoms with Crippen molar-refractivity contribution < 1.29 is 9.66 Å². The van der Waals surface area contributed by atoms with Gasteiger partial charge in [0.2, 0.25) is 5.88 Å². The first-order valence-corrected chi connectivity index (χ1v) is 6.90. The van der Waals surface area contributed by atoms with Gasteiger partial charge >= 0.3 is 0 Å². The third-order valence-electron chi connectivity index (χ3n) is 2.91. The van der Waals surface area contributed by atoms with Crippen molar-refractivity contribution in [3.05, 3.63) is 69.2 Å². The molecule has 0 amide bonds. The van der Waals surface area contributed by atoms with Crippen LogP contribution in [0.2, 0.25) is 0 Å². The van der Waals surface area contributed by atoms with E-state index in [0.717, 1.165) is 4.47 Å². The lowest BCUT2D eigenvalue weighted by Crippen LogP contribution is -1.91. The third kappa shape index (κ3) is 2.85. The van der Waals surface area contributed by atoms with Crippen molar-refractivity contribution in [2.75, 3.05) is 0 Å². The van der Waals surface area contributed by atoms with E-state index in [-0.39, 0.29) is 5.69 Å². The number of nitrogens with zero attached hydrogens (tertiary/aromatic N) is 2. The number of fused-ring (bicyclic) bond motifs is 1. The number of halogens is 1. The number of para-hydroxylation sites is 1. The summed E-state index contributed by atoms with van der Waals surface area (Å²) >= 11 is 3.40. The molecule has 21 heavy (non-hydrogen) atoms. The summed E-state index contributed by atoms with van der Waals surface area (Å²) in [6.45, 7) is 0. The van der Waals surface area contributed by atoms with Crippen molar-refractivity contribution in [2.24, 2.45) is 0 Å². The lowest BCUT2D eigenvalue weighted by Gasteiger charge is -2.07. The van der Waals surface area contributed by atoms with E-state index in [1.807, 2.05) is 24.3 Å². The van der Waals surface area contributed by atoms with E-state index in [9.17, 15) is 10.1 Å². The summed E-state index contributed by atoms with van der Waals surface area (Å²) in [5, 5.41) is 11.4. The van der Waals surface area contributed by atoms with E-state index in [4.69, 9.17) is 4.74 Å². The topological polar surface area (TPSA) is 65.3 Å². The molecule has 0 saturated heterocycles. The molecule has 0 fully saturated rings. The summed E-state index contributed by atoms with van der Waals surface area (Å²) < 4.78 is 6.53. The number of nitro groups is 1. The molecule has 0 spiro atoms. The van der Waals surface area contributed by atoms with Crippen LogP contribution >= 0.6 is 15.9 Å². The Morgan fingerprint density at radius 2 is 1.90 bits per heavy atom. The van der Waals surface area contributed by atoms with Gasteiger partial charge in [0.1, 0.15) is 5.75 Å². The fraction of sp³-hybridized carbons (Fsp3) is 0. The predicted molar refractivity (Wildman–Crippen MR) is 82.6 cm³/mol. The van der Waals surface area contributed by atoms with Crippen molar-refractivity contribution in [3.63, 3.8) is 0 Å². The average Bonchev–Trinajstić information content (AvgIpc) is 2.49. The maximum atomic E-state index is 10.7. The molecule has 104 valence electrons. The Morgan fingerprint density at radius 3 is 2.67 bits per heavy atom. The van der Waals surface area contributed by atoms with Crippen molar-refractivity contribution in [2.45, 2.75) is 0 Å². The maximum absolute atomic E-state index is 10.7. The summed E-state index contributed by atoms with van der Waals surface area (Å²) in [5.74, 6) is 1.09. The molecule has 0 aliphatic heterocycles. The molecule has 0 aliphatic carbocycles. The minimum Gasteiger partial charge on any atom is -0.438 e. The average molecular weight is 345 g/mol. The number of non-ortho nitro benzene ring substituents is 1. The highest BCUT2D eigenvalue weighted by Gasteiger charge is 2.08. The van der Waals surface area contributed by atoms with Crippen molar-refractivity contribution >= 4 is 32.5 Å². The normalized spacial score (nSPS) is 10.5. The van der Waals surface area contributed by atoms with Crippen LogP contribution in [-0.2, 0) is 0 Å². The van der Waals surface area contributed by atoms with Crippen LogP contribution < -0.4 is 4.74 Å². The lowest BCUT2D eigenvalue weighted by molar-refractivity contribution is -0.384. The summed E-state index contributed by atoms with van der Waals surface area (Å²) in [6, 6.07) is 15.4. The van der Waals surface area contributed by atoms with Crippen LogP contribution in [0.5, 0.6) is 11.6 Å². The first-order valence-electron chi connectivity index (χ1n) is 6.11. The quantitative estimate of drug-likeness (QED) is 0.510. The molecule has 1 heterocycles. The molecular weight excluding hydrogens is 336 g/mol. The number of ether oxygens (including phenoxy) is 1. The molecule has 5 nitrogen and oxygen atoms in total. The lowest BCUT2D eigenvalue weighted by atomic mass is 10.2. The molecule has 1 aromatic heterocycles. The molecule has 0 bridgehead atoms. The number of hydrogen-bond acceptors (Lipinski definition) is 4. The molecule has 0 N–H and O–H groups in total. The monoisotopic (exact) mass is 344 g/mol. The van der Waals surface area contributed by atoms with E-state index in [1.54, 1.807) is 18.2 Å². The summed E-state index contributed by atoms with van der Waals surface area (Å²) in [6.07, 6.45) is 0. The predicted octanol–water partition coefficient (Wildman–Crippen LogP) is 4.70. The zero-order chi connectivity index (χ0) is 14.8. The molecule has 0 radical (unpaired) electrons. The van der Waals surface area contributed by atoms with Gasteiger partial charge in [0.15, 0.2) is 0 Å². The van der Waals surface area contributed by atoms with Gasteiger partial charge in [-0.25, -0.2) is 4.98 Å². The zero-order valence-corrected chi connectivity index (χ0v) is 12.3. The number of hydrogen-bond donors (Lipinski definition) is 0. The van der Waals surface area contributed by atoms with Crippen molar-refractivity contribution in [1.82, 2.24) is 4.98 Å². The Bertz CT molecular complexity index is 836. The minimum absolute atomic E-state index is 0.0452. The second kappa shape index (κ2) is 5.49. The standard InChI is InChI=1S/C15H9BrN2O3/c16-12-3-1-2-4-14(12)21-15-8-5-10-9-11(18(19)20)6-7-13(10)17-15/h1-9H. The first-order chi connectivity index (χ1) is 10.1. The van der Waals surface area contributed by atoms with E-state index >= 15 is 0 Å². The molecule has 6 heteroatoms. The Hall–Kier alpha value is -2.47. The molecule has 0 saturated carbocycles. The van der Waals surface area contributed by atoms with E-state index in [0.29, 0.717) is 22.5 Å². The Morgan fingerprint density at radius 1 is 1.10 bits per heavy atom. The molecular formula is C15H9BrN2O3. The van der Waals surface area contributed by atoms with Gasteiger partial charge < -0.3 is 4.74 Å². The number of aromatic nitrogens is 1. The highest BCUT2D eigenvalue weighted by atomic mass is 79.9. The zero-order valence-electron chi connectivity index (χ0n) is 10.7. The van der Waals surface area contributed by atoms with Gasteiger partial charge in [-0.3, -0.25) is 10.1 Å². The molecule has 3 rings (SSSR count). The van der Waals surface area contributed by atoms with Gasteiger partial charge in [0, 0.05) is 23.6 Å². The smallest absolute Gasteiger partial charge is 0.270 e. The van der Waals surface area contributed by atoms with E-state index < -0.39 is 4.92 Å².